The molecule has 0 fully saturated rings. The zero-order valence-electron chi connectivity index (χ0n) is 13.0. The second kappa shape index (κ2) is 6.14. The molecule has 3 rings (SSSR count). The fourth-order valence-electron chi connectivity index (χ4n) is 2.73. The number of carbonyl (C=O) groups is 1. The third kappa shape index (κ3) is 3.20. The lowest BCUT2D eigenvalue weighted by atomic mass is 10.2. The molecule has 0 radical (unpaired) electrons. The number of para-hydroxylation sites is 1. The van der Waals surface area contributed by atoms with Gasteiger partial charge in [-0.1, -0.05) is 18.2 Å². The largest absolute Gasteiger partial charge is 0.417 e. The summed E-state index contributed by atoms with van der Waals surface area (Å²) < 4.78 is 37.6. The number of hydrogen-bond acceptors (Lipinski definition) is 3. The van der Waals surface area contributed by atoms with E-state index in [9.17, 15) is 18.0 Å². The molecule has 0 bridgehead atoms. The van der Waals surface area contributed by atoms with Gasteiger partial charge in [-0.2, -0.15) is 13.2 Å². The number of rotatable bonds is 3. The summed E-state index contributed by atoms with van der Waals surface area (Å²) in [5.74, 6) is 0.0954. The predicted molar refractivity (Wildman–Crippen MR) is 84.8 cm³/mol. The van der Waals surface area contributed by atoms with Gasteiger partial charge in [0, 0.05) is 18.4 Å². The number of aromatic nitrogens is 1. The van der Waals surface area contributed by atoms with Crippen LogP contribution in [-0.2, 0) is 17.4 Å². The smallest absolute Gasteiger partial charge is 0.359 e. The first-order valence-electron chi connectivity index (χ1n) is 7.55. The first-order valence-corrected chi connectivity index (χ1v) is 7.55. The minimum Gasteiger partial charge on any atom is -0.359 e. The van der Waals surface area contributed by atoms with E-state index in [1.807, 2.05) is 24.3 Å². The summed E-state index contributed by atoms with van der Waals surface area (Å²) in [6.07, 6.45) is -2.87. The van der Waals surface area contributed by atoms with Crippen molar-refractivity contribution in [2.24, 2.45) is 0 Å². The monoisotopic (exact) mass is 335 g/mol. The van der Waals surface area contributed by atoms with Crippen molar-refractivity contribution in [1.29, 1.82) is 0 Å². The fourth-order valence-corrected chi connectivity index (χ4v) is 2.73. The molecule has 2 heterocycles. The summed E-state index contributed by atoms with van der Waals surface area (Å²) in [6, 6.07) is 9.25. The highest BCUT2D eigenvalue weighted by Crippen LogP contribution is 2.30. The highest BCUT2D eigenvalue weighted by atomic mass is 19.4. The summed E-state index contributed by atoms with van der Waals surface area (Å²) in [4.78, 5) is 18.0. The second-order valence-electron chi connectivity index (χ2n) is 5.66. The summed E-state index contributed by atoms with van der Waals surface area (Å²) in [7, 11) is 0. The van der Waals surface area contributed by atoms with Crippen LogP contribution in [0, 0.1) is 0 Å². The molecule has 1 aliphatic heterocycles. The maximum Gasteiger partial charge on any atom is 0.417 e. The Labute approximate surface area is 137 Å². The Morgan fingerprint density at radius 1 is 1.25 bits per heavy atom. The van der Waals surface area contributed by atoms with E-state index in [4.69, 9.17) is 0 Å². The number of amides is 1. The van der Waals surface area contributed by atoms with Gasteiger partial charge in [-0.25, -0.2) is 4.98 Å². The van der Waals surface area contributed by atoms with Crippen molar-refractivity contribution in [2.45, 2.75) is 25.6 Å². The third-order valence-corrected chi connectivity index (χ3v) is 3.98. The topological polar surface area (TPSA) is 45.2 Å². The molecule has 1 aliphatic rings. The number of pyridine rings is 1. The molecule has 1 amide bonds. The summed E-state index contributed by atoms with van der Waals surface area (Å²) in [6.45, 7) is 2.27. The van der Waals surface area contributed by atoms with Gasteiger partial charge in [-0.15, -0.1) is 0 Å². The minimum atomic E-state index is -4.42. The van der Waals surface area contributed by atoms with Crippen LogP contribution in [0.2, 0.25) is 0 Å². The Morgan fingerprint density at radius 2 is 2.00 bits per heavy atom. The Kier molecular flexibility index (Phi) is 4.17. The number of nitrogens with one attached hydrogen (secondary N) is 1. The van der Waals surface area contributed by atoms with Crippen LogP contribution >= 0.6 is 0 Å². The lowest BCUT2D eigenvalue weighted by Gasteiger charge is -2.22. The molecule has 0 spiro atoms. The molecule has 0 saturated carbocycles. The van der Waals surface area contributed by atoms with Crippen molar-refractivity contribution < 1.29 is 18.0 Å². The molecule has 0 aliphatic carbocycles. The predicted octanol–water partition coefficient (Wildman–Crippen LogP) is 3.49. The summed E-state index contributed by atoms with van der Waals surface area (Å²) >= 11 is 0. The van der Waals surface area contributed by atoms with Crippen LogP contribution < -0.4 is 10.2 Å². The highest BCUT2D eigenvalue weighted by molar-refractivity contribution is 6.00. The summed E-state index contributed by atoms with van der Waals surface area (Å²) in [5.41, 5.74) is 1.18. The molecule has 0 saturated heterocycles. The van der Waals surface area contributed by atoms with Crippen LogP contribution in [0.15, 0.2) is 42.6 Å². The van der Waals surface area contributed by atoms with E-state index in [1.165, 1.54) is 6.07 Å². The lowest BCUT2D eigenvalue weighted by Crippen LogP contribution is -2.40. The van der Waals surface area contributed by atoms with Crippen LogP contribution in [-0.4, -0.2) is 23.5 Å². The average molecular weight is 335 g/mol. The maximum absolute atomic E-state index is 12.6. The number of benzene rings is 1. The van der Waals surface area contributed by atoms with Crippen molar-refractivity contribution in [3.05, 3.63) is 53.7 Å². The van der Waals surface area contributed by atoms with Crippen LogP contribution in [0.25, 0.3) is 0 Å². The van der Waals surface area contributed by atoms with Crippen LogP contribution in [0.4, 0.5) is 24.7 Å². The van der Waals surface area contributed by atoms with Crippen molar-refractivity contribution in [3.63, 3.8) is 0 Å². The number of halogens is 3. The second-order valence-corrected chi connectivity index (χ2v) is 5.66. The van der Waals surface area contributed by atoms with Gasteiger partial charge in [0.25, 0.3) is 0 Å². The number of hydrogen-bond donors (Lipinski definition) is 1. The number of nitrogens with zero attached hydrogens (tertiary/aromatic N) is 2. The zero-order chi connectivity index (χ0) is 17.3. The Morgan fingerprint density at radius 3 is 2.67 bits per heavy atom. The molecule has 1 atom stereocenters. The molecule has 2 aromatic rings. The average Bonchev–Trinajstić information content (AvgIpc) is 2.97. The normalized spacial score (nSPS) is 15.1. The Hall–Kier alpha value is -2.57. The molecular weight excluding hydrogens is 319 g/mol. The first-order chi connectivity index (χ1) is 11.4. The SMILES string of the molecule is CC(Nc1ccc(C(F)(F)F)cn1)C(=O)N1CCc2ccccc21. The molecule has 7 heteroatoms. The van der Waals surface area contributed by atoms with E-state index in [-0.39, 0.29) is 11.7 Å². The van der Waals surface area contributed by atoms with Crippen molar-refractivity contribution in [3.8, 4) is 0 Å². The molecule has 126 valence electrons. The maximum atomic E-state index is 12.6. The van der Waals surface area contributed by atoms with E-state index in [1.54, 1.807) is 11.8 Å². The van der Waals surface area contributed by atoms with E-state index in [2.05, 4.69) is 10.3 Å². The zero-order valence-corrected chi connectivity index (χ0v) is 13.0. The molecule has 4 nitrogen and oxygen atoms in total. The van der Waals surface area contributed by atoms with Crippen LogP contribution in [0.3, 0.4) is 0 Å². The fraction of sp³-hybridized carbons (Fsp3) is 0.294. The molecule has 24 heavy (non-hydrogen) atoms. The number of fused-ring (bicyclic) bond motifs is 1. The van der Waals surface area contributed by atoms with Crippen molar-refractivity contribution in [2.75, 3.05) is 16.8 Å². The quantitative estimate of drug-likeness (QED) is 0.934. The molecular formula is C17H16F3N3O. The number of carbonyl (C=O) groups excluding carboxylic acids is 1. The van der Waals surface area contributed by atoms with Crippen LogP contribution in [0.1, 0.15) is 18.1 Å². The van der Waals surface area contributed by atoms with E-state index in [0.717, 1.165) is 29.9 Å². The Bertz CT molecular complexity index is 743. The molecule has 1 aromatic heterocycles. The molecule has 1 aromatic carbocycles. The van der Waals surface area contributed by atoms with Gasteiger partial charge < -0.3 is 10.2 Å². The van der Waals surface area contributed by atoms with Crippen LogP contribution in [0.5, 0.6) is 0 Å². The standard InChI is InChI=1S/C17H16F3N3O/c1-11(22-15-7-6-13(10-21-15)17(18,19)20)16(24)23-9-8-12-4-2-3-5-14(12)23/h2-7,10-11H,8-9H2,1H3,(H,21,22). The van der Waals surface area contributed by atoms with Gasteiger partial charge in [-0.05, 0) is 37.1 Å². The Balaban J connectivity index is 1.69. The van der Waals surface area contributed by atoms with Gasteiger partial charge in [0.1, 0.15) is 11.9 Å². The minimum absolute atomic E-state index is 0.137. The van der Waals surface area contributed by atoms with Gasteiger partial charge in [0.2, 0.25) is 5.91 Å². The van der Waals surface area contributed by atoms with Crippen molar-refractivity contribution >= 4 is 17.4 Å². The first kappa shape index (κ1) is 16.3. The highest BCUT2D eigenvalue weighted by Gasteiger charge is 2.31. The summed E-state index contributed by atoms with van der Waals surface area (Å²) in [5, 5.41) is 2.86. The van der Waals surface area contributed by atoms with E-state index in [0.29, 0.717) is 6.54 Å². The third-order valence-electron chi connectivity index (χ3n) is 3.98. The van der Waals surface area contributed by atoms with Crippen molar-refractivity contribution in [1.82, 2.24) is 4.98 Å². The van der Waals surface area contributed by atoms with Gasteiger partial charge >= 0.3 is 6.18 Å². The lowest BCUT2D eigenvalue weighted by molar-refractivity contribution is -0.137. The van der Waals surface area contributed by atoms with Gasteiger partial charge in [0.15, 0.2) is 0 Å². The molecule has 1 N–H and O–H groups in total. The number of anilines is 2. The van der Waals surface area contributed by atoms with E-state index >= 15 is 0 Å². The van der Waals surface area contributed by atoms with E-state index < -0.39 is 17.8 Å². The molecule has 1 unspecified atom stereocenters. The van der Waals surface area contributed by atoms with Gasteiger partial charge in [0.05, 0.1) is 5.56 Å². The number of alkyl halides is 3. The van der Waals surface area contributed by atoms with Gasteiger partial charge in [-0.3, -0.25) is 4.79 Å².